The van der Waals surface area contributed by atoms with Crippen LogP contribution in [0, 0.1) is 0 Å². The lowest BCUT2D eigenvalue weighted by Gasteiger charge is -2.34. The molecule has 0 amide bonds. The highest BCUT2D eigenvalue weighted by atomic mass is 15.2. The van der Waals surface area contributed by atoms with Crippen LogP contribution in [0.3, 0.4) is 0 Å². The fraction of sp³-hybridized carbons (Fsp3) is 0.500. The molecule has 2 heterocycles. The van der Waals surface area contributed by atoms with E-state index in [0.29, 0.717) is 0 Å². The number of fused-ring (bicyclic) bond motifs is 1. The SMILES string of the molecule is CCCN(Cc1ccc2ncccc2c1)C1CCNCC1. The van der Waals surface area contributed by atoms with Gasteiger partial charge in [0.05, 0.1) is 5.52 Å². The van der Waals surface area contributed by atoms with Crippen LogP contribution in [0.25, 0.3) is 10.9 Å². The molecular formula is C18H25N3. The monoisotopic (exact) mass is 283 g/mol. The van der Waals surface area contributed by atoms with Crippen LogP contribution in [-0.2, 0) is 6.54 Å². The maximum atomic E-state index is 4.41. The summed E-state index contributed by atoms with van der Waals surface area (Å²) < 4.78 is 0. The highest BCUT2D eigenvalue weighted by Crippen LogP contribution is 2.19. The molecule has 21 heavy (non-hydrogen) atoms. The predicted molar refractivity (Wildman–Crippen MR) is 88.3 cm³/mol. The number of pyridine rings is 1. The lowest BCUT2D eigenvalue weighted by Crippen LogP contribution is -2.43. The largest absolute Gasteiger partial charge is 0.317 e. The third-order valence-corrected chi connectivity index (χ3v) is 4.39. The van der Waals surface area contributed by atoms with E-state index in [9.17, 15) is 0 Å². The summed E-state index contributed by atoms with van der Waals surface area (Å²) in [6.45, 7) is 6.84. The van der Waals surface area contributed by atoms with Gasteiger partial charge in [0.15, 0.2) is 0 Å². The molecule has 1 N–H and O–H groups in total. The van der Waals surface area contributed by atoms with E-state index >= 15 is 0 Å². The summed E-state index contributed by atoms with van der Waals surface area (Å²) in [5.74, 6) is 0. The molecule has 2 aromatic rings. The maximum Gasteiger partial charge on any atom is 0.0702 e. The van der Waals surface area contributed by atoms with Crippen molar-refractivity contribution in [1.29, 1.82) is 0 Å². The van der Waals surface area contributed by atoms with E-state index in [0.717, 1.165) is 31.2 Å². The molecule has 0 aliphatic carbocycles. The molecule has 0 unspecified atom stereocenters. The van der Waals surface area contributed by atoms with Crippen molar-refractivity contribution >= 4 is 10.9 Å². The molecule has 0 atom stereocenters. The molecule has 0 saturated carbocycles. The second-order valence-corrected chi connectivity index (χ2v) is 5.98. The first kappa shape index (κ1) is 14.5. The Hall–Kier alpha value is -1.45. The van der Waals surface area contributed by atoms with Gasteiger partial charge in [0.2, 0.25) is 0 Å². The minimum Gasteiger partial charge on any atom is -0.317 e. The first-order chi connectivity index (χ1) is 10.4. The van der Waals surface area contributed by atoms with Gasteiger partial charge >= 0.3 is 0 Å². The zero-order chi connectivity index (χ0) is 14.5. The normalized spacial score (nSPS) is 16.7. The Labute approximate surface area is 127 Å². The first-order valence-electron chi connectivity index (χ1n) is 8.15. The third kappa shape index (κ3) is 3.60. The van der Waals surface area contributed by atoms with E-state index in [1.807, 2.05) is 12.3 Å². The highest BCUT2D eigenvalue weighted by Gasteiger charge is 2.20. The molecular weight excluding hydrogens is 258 g/mol. The zero-order valence-corrected chi connectivity index (χ0v) is 12.9. The van der Waals surface area contributed by atoms with E-state index in [2.05, 4.69) is 46.4 Å². The average Bonchev–Trinajstić information content (AvgIpc) is 2.55. The Bertz CT molecular complexity index is 575. The molecule has 1 aromatic carbocycles. The minimum absolute atomic E-state index is 0.732. The van der Waals surface area contributed by atoms with E-state index in [-0.39, 0.29) is 0 Å². The maximum absolute atomic E-state index is 4.41. The molecule has 1 aliphatic heterocycles. The number of hydrogen-bond donors (Lipinski definition) is 1. The number of nitrogens with one attached hydrogen (secondary N) is 1. The number of rotatable bonds is 5. The van der Waals surface area contributed by atoms with Gasteiger partial charge in [-0.1, -0.05) is 19.1 Å². The van der Waals surface area contributed by atoms with Crippen LogP contribution in [0.15, 0.2) is 36.5 Å². The second kappa shape index (κ2) is 7.01. The van der Waals surface area contributed by atoms with Gasteiger partial charge in [-0.15, -0.1) is 0 Å². The topological polar surface area (TPSA) is 28.2 Å². The summed E-state index contributed by atoms with van der Waals surface area (Å²) in [7, 11) is 0. The van der Waals surface area contributed by atoms with Crippen molar-refractivity contribution in [3.63, 3.8) is 0 Å². The summed E-state index contributed by atoms with van der Waals surface area (Å²) >= 11 is 0. The first-order valence-corrected chi connectivity index (χ1v) is 8.15. The molecule has 0 spiro atoms. The van der Waals surface area contributed by atoms with Gasteiger partial charge < -0.3 is 5.32 Å². The number of nitrogens with zero attached hydrogens (tertiary/aromatic N) is 2. The molecule has 0 radical (unpaired) electrons. The van der Waals surface area contributed by atoms with Gasteiger partial charge in [0.1, 0.15) is 0 Å². The van der Waals surface area contributed by atoms with E-state index in [4.69, 9.17) is 0 Å². The van der Waals surface area contributed by atoms with Crippen molar-refractivity contribution in [3.8, 4) is 0 Å². The third-order valence-electron chi connectivity index (χ3n) is 4.39. The number of hydrogen-bond acceptors (Lipinski definition) is 3. The Morgan fingerprint density at radius 1 is 1.24 bits per heavy atom. The molecule has 1 aromatic heterocycles. The highest BCUT2D eigenvalue weighted by molar-refractivity contribution is 5.78. The summed E-state index contributed by atoms with van der Waals surface area (Å²) in [5, 5.41) is 4.71. The van der Waals surface area contributed by atoms with Crippen LogP contribution >= 0.6 is 0 Å². The van der Waals surface area contributed by atoms with Crippen LogP contribution in [0.2, 0.25) is 0 Å². The Kier molecular flexibility index (Phi) is 4.84. The molecule has 1 aliphatic rings. The van der Waals surface area contributed by atoms with Crippen molar-refractivity contribution in [2.75, 3.05) is 19.6 Å². The van der Waals surface area contributed by atoms with Crippen molar-refractivity contribution in [1.82, 2.24) is 15.2 Å². The van der Waals surface area contributed by atoms with Crippen molar-refractivity contribution in [3.05, 3.63) is 42.1 Å². The van der Waals surface area contributed by atoms with E-state index in [1.54, 1.807) is 0 Å². The Morgan fingerprint density at radius 3 is 2.90 bits per heavy atom. The smallest absolute Gasteiger partial charge is 0.0702 e. The molecule has 3 nitrogen and oxygen atoms in total. The van der Waals surface area contributed by atoms with Crippen LogP contribution in [0.4, 0.5) is 0 Å². The average molecular weight is 283 g/mol. The number of piperidine rings is 1. The van der Waals surface area contributed by atoms with Crippen molar-refractivity contribution < 1.29 is 0 Å². The van der Waals surface area contributed by atoms with Crippen LogP contribution in [-0.4, -0.2) is 35.6 Å². The number of benzene rings is 1. The summed E-state index contributed by atoms with van der Waals surface area (Å²) in [5.41, 5.74) is 2.49. The van der Waals surface area contributed by atoms with Gasteiger partial charge in [0.25, 0.3) is 0 Å². The molecule has 1 saturated heterocycles. The summed E-state index contributed by atoms with van der Waals surface area (Å²) in [6.07, 6.45) is 5.63. The molecule has 3 rings (SSSR count). The predicted octanol–water partition coefficient (Wildman–Crippen LogP) is 3.20. The summed E-state index contributed by atoms with van der Waals surface area (Å²) in [6, 6.07) is 11.6. The van der Waals surface area contributed by atoms with Crippen LogP contribution in [0.1, 0.15) is 31.7 Å². The van der Waals surface area contributed by atoms with Gasteiger partial charge in [-0.05, 0) is 62.7 Å². The zero-order valence-electron chi connectivity index (χ0n) is 12.9. The van der Waals surface area contributed by atoms with Crippen molar-refractivity contribution in [2.45, 2.75) is 38.8 Å². The number of aromatic nitrogens is 1. The van der Waals surface area contributed by atoms with Crippen molar-refractivity contribution in [2.24, 2.45) is 0 Å². The van der Waals surface area contributed by atoms with Gasteiger partial charge in [0, 0.05) is 24.2 Å². The van der Waals surface area contributed by atoms with Gasteiger partial charge in [-0.25, -0.2) is 0 Å². The molecule has 1 fully saturated rings. The van der Waals surface area contributed by atoms with Gasteiger partial charge in [-0.2, -0.15) is 0 Å². The van der Waals surface area contributed by atoms with E-state index < -0.39 is 0 Å². The molecule has 3 heteroatoms. The van der Waals surface area contributed by atoms with Gasteiger partial charge in [-0.3, -0.25) is 9.88 Å². The fourth-order valence-electron chi connectivity index (χ4n) is 3.31. The van der Waals surface area contributed by atoms with Crippen LogP contribution < -0.4 is 5.32 Å². The Balaban J connectivity index is 1.76. The lowest BCUT2D eigenvalue weighted by atomic mass is 10.0. The Morgan fingerprint density at radius 2 is 2.10 bits per heavy atom. The standard InChI is InChI=1S/C18H25N3/c1-2-12-21(17-7-10-19-11-8-17)14-15-5-6-18-16(13-15)4-3-9-20-18/h3-6,9,13,17,19H,2,7-8,10-12,14H2,1H3. The molecule has 112 valence electrons. The lowest BCUT2D eigenvalue weighted by molar-refractivity contribution is 0.154. The van der Waals surface area contributed by atoms with E-state index in [1.165, 1.54) is 36.8 Å². The second-order valence-electron chi connectivity index (χ2n) is 5.98. The molecule has 0 bridgehead atoms. The fourth-order valence-corrected chi connectivity index (χ4v) is 3.31. The van der Waals surface area contributed by atoms with Crippen LogP contribution in [0.5, 0.6) is 0 Å². The summed E-state index contributed by atoms with van der Waals surface area (Å²) in [4.78, 5) is 7.07. The quantitative estimate of drug-likeness (QED) is 0.913. The minimum atomic E-state index is 0.732.